The van der Waals surface area contributed by atoms with Gasteiger partial charge in [-0.3, -0.25) is 4.79 Å². The fourth-order valence-corrected chi connectivity index (χ4v) is 2.77. The Labute approximate surface area is 146 Å². The van der Waals surface area contributed by atoms with Crippen LogP contribution in [0.2, 0.25) is 0 Å². The number of benzene rings is 2. The molecule has 1 N–H and O–H groups in total. The molecule has 0 atom stereocenters. The van der Waals surface area contributed by atoms with Crippen molar-refractivity contribution in [3.8, 4) is 0 Å². The number of anilines is 1. The monoisotopic (exact) mass is 351 g/mol. The number of rotatable bonds is 3. The zero-order valence-electron chi connectivity index (χ0n) is 13.8. The minimum atomic E-state index is -0.515. The Morgan fingerprint density at radius 1 is 1.23 bits per heavy atom. The Morgan fingerprint density at radius 2 is 2.04 bits per heavy atom. The largest absolute Gasteiger partial charge is 0.352 e. The summed E-state index contributed by atoms with van der Waals surface area (Å²) in [4.78, 5) is 28.9. The maximum atomic E-state index is 13.5. The molecule has 0 unspecified atom stereocenters. The molecule has 0 bridgehead atoms. The number of aromatic nitrogens is 4. The van der Waals surface area contributed by atoms with Crippen LogP contribution in [0.5, 0.6) is 0 Å². The molecule has 7 nitrogen and oxygen atoms in total. The molecule has 2 aromatic carbocycles. The number of para-hydroxylation sites is 1. The van der Waals surface area contributed by atoms with E-state index in [1.54, 1.807) is 6.07 Å². The number of halogens is 1. The van der Waals surface area contributed by atoms with E-state index < -0.39 is 11.5 Å². The van der Waals surface area contributed by atoms with Crippen LogP contribution < -0.4 is 11.0 Å². The normalized spacial score (nSPS) is 11.2. The molecule has 2 aromatic heterocycles. The van der Waals surface area contributed by atoms with Crippen molar-refractivity contribution in [3.05, 3.63) is 70.7 Å². The van der Waals surface area contributed by atoms with Gasteiger partial charge in [-0.05, 0) is 36.8 Å². The smallest absolute Gasteiger partial charge is 0.324 e. The lowest BCUT2D eigenvalue weighted by molar-refractivity contribution is -0.117. The second-order valence-corrected chi connectivity index (χ2v) is 5.90. The number of aryl methyl sites for hydroxylation is 1. The van der Waals surface area contributed by atoms with Crippen LogP contribution in [-0.4, -0.2) is 25.1 Å². The molecule has 0 saturated heterocycles. The second kappa shape index (κ2) is 6.07. The first-order valence-corrected chi connectivity index (χ1v) is 7.92. The molecule has 4 aromatic rings. The minimum absolute atomic E-state index is 0.253. The van der Waals surface area contributed by atoms with Crippen molar-refractivity contribution >= 4 is 28.1 Å². The number of carbonyl (C=O) groups excluding carboxylic acids is 1. The van der Waals surface area contributed by atoms with Crippen molar-refractivity contribution in [1.29, 1.82) is 0 Å². The number of nitrogens with zero attached hydrogens (tertiary/aromatic N) is 4. The molecule has 0 aliphatic rings. The third-order valence-corrected chi connectivity index (χ3v) is 4.09. The molecular formula is C18H14FN5O2. The van der Waals surface area contributed by atoms with E-state index >= 15 is 0 Å². The van der Waals surface area contributed by atoms with Gasteiger partial charge in [-0.2, -0.15) is 0 Å². The van der Waals surface area contributed by atoms with E-state index in [0.717, 1.165) is 10.2 Å². The third-order valence-electron chi connectivity index (χ3n) is 4.09. The summed E-state index contributed by atoms with van der Waals surface area (Å²) in [6.07, 6.45) is 1.32. The third kappa shape index (κ3) is 2.71. The topological polar surface area (TPSA) is 81.3 Å². The van der Waals surface area contributed by atoms with E-state index in [2.05, 4.69) is 15.4 Å². The predicted molar refractivity (Wildman–Crippen MR) is 94.5 cm³/mol. The fourth-order valence-electron chi connectivity index (χ4n) is 2.77. The van der Waals surface area contributed by atoms with E-state index in [0.29, 0.717) is 16.6 Å². The molecule has 4 rings (SSSR count). The first kappa shape index (κ1) is 15.9. The van der Waals surface area contributed by atoms with Crippen molar-refractivity contribution in [3.63, 3.8) is 0 Å². The number of nitrogens with one attached hydrogen (secondary N) is 1. The molecule has 0 saturated carbocycles. The first-order valence-electron chi connectivity index (χ1n) is 7.92. The van der Waals surface area contributed by atoms with Gasteiger partial charge in [-0.15, -0.1) is 5.10 Å². The van der Waals surface area contributed by atoms with Gasteiger partial charge in [0.15, 0.2) is 5.65 Å². The predicted octanol–water partition coefficient (Wildman–Crippen LogP) is 2.13. The average molecular weight is 351 g/mol. The van der Waals surface area contributed by atoms with Gasteiger partial charge in [0.2, 0.25) is 5.91 Å². The SMILES string of the molecule is Cc1ccccc1NC(=O)Cn1nc2c3cc(F)ccc3ncn2c1=O. The Morgan fingerprint density at radius 3 is 2.85 bits per heavy atom. The first-order chi connectivity index (χ1) is 12.5. The molecule has 0 aliphatic heterocycles. The van der Waals surface area contributed by atoms with Gasteiger partial charge < -0.3 is 5.32 Å². The summed E-state index contributed by atoms with van der Waals surface area (Å²) in [5.41, 5.74) is 1.83. The van der Waals surface area contributed by atoms with Crippen molar-refractivity contribution < 1.29 is 9.18 Å². The molecule has 8 heteroatoms. The van der Waals surface area contributed by atoms with E-state index in [1.807, 2.05) is 25.1 Å². The summed E-state index contributed by atoms with van der Waals surface area (Å²) >= 11 is 0. The maximum absolute atomic E-state index is 13.5. The number of hydrogen-bond acceptors (Lipinski definition) is 4. The molecule has 0 fully saturated rings. The van der Waals surface area contributed by atoms with Crippen molar-refractivity contribution in [1.82, 2.24) is 19.2 Å². The molecule has 130 valence electrons. The quantitative estimate of drug-likeness (QED) is 0.613. The molecule has 0 spiro atoms. The number of carbonyl (C=O) groups is 1. The Kier molecular flexibility index (Phi) is 3.72. The van der Waals surface area contributed by atoms with E-state index in [-0.39, 0.29) is 18.1 Å². The average Bonchev–Trinajstić information content (AvgIpc) is 2.93. The van der Waals surface area contributed by atoms with E-state index in [1.165, 1.54) is 28.9 Å². The highest BCUT2D eigenvalue weighted by atomic mass is 19.1. The Hall–Kier alpha value is -3.55. The van der Waals surface area contributed by atoms with Gasteiger partial charge in [-0.25, -0.2) is 23.3 Å². The Bertz CT molecular complexity index is 1210. The lowest BCUT2D eigenvalue weighted by Gasteiger charge is -2.07. The van der Waals surface area contributed by atoms with E-state index in [9.17, 15) is 14.0 Å². The molecule has 2 heterocycles. The molecule has 0 radical (unpaired) electrons. The molecule has 0 aliphatic carbocycles. The van der Waals surface area contributed by atoms with Gasteiger partial charge in [0.25, 0.3) is 0 Å². The second-order valence-electron chi connectivity index (χ2n) is 5.90. The van der Waals surface area contributed by atoms with Gasteiger partial charge in [-0.1, -0.05) is 18.2 Å². The van der Waals surface area contributed by atoms with Crippen LogP contribution >= 0.6 is 0 Å². The Balaban J connectivity index is 1.71. The van der Waals surface area contributed by atoms with Crippen LogP contribution in [0.3, 0.4) is 0 Å². The van der Waals surface area contributed by atoms with Crippen molar-refractivity contribution in [2.24, 2.45) is 0 Å². The van der Waals surface area contributed by atoms with Crippen LogP contribution in [0.15, 0.2) is 53.6 Å². The zero-order valence-corrected chi connectivity index (χ0v) is 13.8. The maximum Gasteiger partial charge on any atom is 0.352 e. The zero-order chi connectivity index (χ0) is 18.3. The van der Waals surface area contributed by atoms with Crippen LogP contribution in [0.4, 0.5) is 10.1 Å². The van der Waals surface area contributed by atoms with Crippen LogP contribution in [-0.2, 0) is 11.3 Å². The van der Waals surface area contributed by atoms with E-state index in [4.69, 9.17) is 0 Å². The van der Waals surface area contributed by atoms with Crippen LogP contribution in [0.1, 0.15) is 5.56 Å². The van der Waals surface area contributed by atoms with Crippen molar-refractivity contribution in [2.45, 2.75) is 13.5 Å². The summed E-state index contributed by atoms with van der Waals surface area (Å²) in [5, 5.41) is 7.34. The van der Waals surface area contributed by atoms with Gasteiger partial charge >= 0.3 is 5.69 Å². The van der Waals surface area contributed by atoms with Gasteiger partial charge in [0.05, 0.1) is 5.52 Å². The highest BCUT2D eigenvalue weighted by Gasteiger charge is 2.14. The number of fused-ring (bicyclic) bond motifs is 3. The lowest BCUT2D eigenvalue weighted by Crippen LogP contribution is -2.28. The fraction of sp³-hybridized carbons (Fsp3) is 0.111. The van der Waals surface area contributed by atoms with Gasteiger partial charge in [0, 0.05) is 11.1 Å². The molecule has 26 heavy (non-hydrogen) atoms. The van der Waals surface area contributed by atoms with Crippen LogP contribution in [0, 0.1) is 12.7 Å². The minimum Gasteiger partial charge on any atom is -0.324 e. The summed E-state index contributed by atoms with van der Waals surface area (Å²) in [6.45, 7) is 1.62. The van der Waals surface area contributed by atoms with Crippen molar-refractivity contribution in [2.75, 3.05) is 5.32 Å². The van der Waals surface area contributed by atoms with Gasteiger partial charge in [0.1, 0.15) is 18.7 Å². The molecular weight excluding hydrogens is 337 g/mol. The summed E-state index contributed by atoms with van der Waals surface area (Å²) in [5.74, 6) is -0.833. The lowest BCUT2D eigenvalue weighted by atomic mass is 10.2. The number of amides is 1. The molecule has 1 amide bonds. The summed E-state index contributed by atoms with van der Waals surface area (Å²) in [6, 6.07) is 11.4. The summed E-state index contributed by atoms with van der Waals surface area (Å²) < 4.78 is 15.8. The standard InChI is InChI=1S/C18H14FN5O2/c1-11-4-2-3-5-14(11)21-16(25)9-24-18(26)23-10-20-15-7-6-12(19)8-13(15)17(23)22-24/h2-8,10H,9H2,1H3,(H,21,25). The highest BCUT2D eigenvalue weighted by molar-refractivity contribution is 5.92. The van der Waals surface area contributed by atoms with Crippen LogP contribution in [0.25, 0.3) is 16.6 Å². The highest BCUT2D eigenvalue weighted by Crippen LogP contribution is 2.17. The number of hydrogen-bond donors (Lipinski definition) is 1. The summed E-state index contributed by atoms with van der Waals surface area (Å²) in [7, 11) is 0.